The van der Waals surface area contributed by atoms with E-state index < -0.39 is 59.6 Å². The minimum atomic E-state index is -1.34. The molecule has 3 aliphatic rings. The van der Waals surface area contributed by atoms with Crippen LogP contribution >= 0.6 is 15.9 Å². The third-order valence-corrected chi connectivity index (χ3v) is 11.1. The van der Waals surface area contributed by atoms with Gasteiger partial charge in [0, 0.05) is 24.3 Å². The Bertz CT molecular complexity index is 1570. The van der Waals surface area contributed by atoms with E-state index in [2.05, 4.69) is 34.4 Å². The molecule has 2 aromatic carbocycles. The molecule has 0 aromatic heterocycles. The molecule has 51 heavy (non-hydrogen) atoms. The van der Waals surface area contributed by atoms with E-state index in [1.807, 2.05) is 74.5 Å². The maximum Gasteiger partial charge on any atom is 0.313 e. The zero-order valence-corrected chi connectivity index (χ0v) is 31.2. The van der Waals surface area contributed by atoms with Crippen LogP contribution in [0, 0.1) is 17.8 Å². The Kier molecular flexibility index (Phi) is 12.6. The SMILES string of the molecule is C=CCCC(=O)N[C@@H](C)[C@H](OC(=O)[C@H]1[C@@H]2O[C@@]3(CC2Br)[C@@H]1C(=O)N([C@@H](CO)CC(C)C)[C@@H]3C(=O)N(CC=C)Cc1ccccc1)c1ccccc1. The van der Waals surface area contributed by atoms with E-state index in [-0.39, 0.29) is 48.7 Å². The van der Waals surface area contributed by atoms with Gasteiger partial charge in [0.2, 0.25) is 17.7 Å². The summed E-state index contributed by atoms with van der Waals surface area (Å²) >= 11 is 3.75. The molecule has 3 heterocycles. The van der Waals surface area contributed by atoms with Crippen molar-refractivity contribution in [1.29, 1.82) is 0 Å². The van der Waals surface area contributed by atoms with Gasteiger partial charge in [-0.3, -0.25) is 19.2 Å². The second kappa shape index (κ2) is 16.7. The number of rotatable bonds is 17. The standard InChI is InChI=1S/C40H50BrN3O7/c1-6-8-19-31(46)42-26(5)34(28-17-13-10-14-18-28)50-39(49)32-33-37(47)44(29(24-45)21-25(3)4)36(40(33)22-30(41)35(32)51-40)38(48)43(20-7-2)23-27-15-11-9-12-16-27/h6-7,9-18,25-26,29-30,32-36,45H,1-2,8,19-24H2,3-5H3,(H,42,46)/t26-,29+,30?,32+,33-,34-,35+,36+,40-/m0/s1. The minimum absolute atomic E-state index is 0.106. The number of alkyl halides is 1. The van der Waals surface area contributed by atoms with Gasteiger partial charge in [-0.2, -0.15) is 0 Å². The lowest BCUT2D eigenvalue weighted by atomic mass is 9.70. The number of benzene rings is 2. The summed E-state index contributed by atoms with van der Waals surface area (Å²) in [6.45, 7) is 13.5. The molecule has 9 atom stereocenters. The Hall–Kier alpha value is -3.80. The molecule has 0 radical (unpaired) electrons. The van der Waals surface area contributed by atoms with Crippen molar-refractivity contribution in [2.45, 2.75) is 93.8 Å². The normalized spacial score (nSPS) is 26.7. The number of ether oxygens (including phenoxy) is 2. The third kappa shape index (κ3) is 7.85. The maximum atomic E-state index is 14.9. The number of aliphatic hydroxyl groups excluding tert-OH is 1. The van der Waals surface area contributed by atoms with Crippen molar-refractivity contribution in [2.75, 3.05) is 13.2 Å². The average Bonchev–Trinajstić information content (AvgIpc) is 3.71. The van der Waals surface area contributed by atoms with Gasteiger partial charge < -0.3 is 29.7 Å². The van der Waals surface area contributed by atoms with E-state index in [9.17, 15) is 24.3 Å². The highest BCUT2D eigenvalue weighted by atomic mass is 79.9. The molecule has 274 valence electrons. The van der Waals surface area contributed by atoms with Crippen LogP contribution in [0.2, 0.25) is 0 Å². The molecular formula is C40H50BrN3O7. The Morgan fingerprint density at radius 1 is 1.10 bits per heavy atom. The first-order chi connectivity index (χ1) is 24.5. The predicted molar refractivity (Wildman–Crippen MR) is 197 cm³/mol. The Balaban J connectivity index is 1.52. The number of allylic oxidation sites excluding steroid dienone is 1. The van der Waals surface area contributed by atoms with Crippen LogP contribution in [0.4, 0.5) is 0 Å². The number of amides is 3. The molecule has 1 spiro atoms. The third-order valence-electron chi connectivity index (χ3n) is 10.2. The average molecular weight is 765 g/mol. The number of carbonyl (C=O) groups is 4. The van der Waals surface area contributed by atoms with E-state index in [0.29, 0.717) is 24.8 Å². The van der Waals surface area contributed by atoms with Crippen LogP contribution in [0.3, 0.4) is 0 Å². The van der Waals surface area contributed by atoms with E-state index in [1.54, 1.807) is 24.0 Å². The molecule has 5 rings (SSSR count). The van der Waals surface area contributed by atoms with Gasteiger partial charge in [0.25, 0.3) is 0 Å². The van der Waals surface area contributed by atoms with Gasteiger partial charge in [-0.05, 0) is 43.2 Å². The van der Waals surface area contributed by atoms with Crippen molar-refractivity contribution >= 4 is 39.6 Å². The van der Waals surface area contributed by atoms with Crippen molar-refractivity contribution in [1.82, 2.24) is 15.1 Å². The Labute approximate surface area is 309 Å². The topological polar surface area (TPSA) is 125 Å². The summed E-state index contributed by atoms with van der Waals surface area (Å²) in [7, 11) is 0. The van der Waals surface area contributed by atoms with Crippen LogP contribution in [-0.4, -0.2) is 86.4 Å². The fraction of sp³-hybridized carbons (Fsp3) is 0.500. The van der Waals surface area contributed by atoms with Gasteiger partial charge in [-0.1, -0.05) is 103 Å². The first-order valence-corrected chi connectivity index (χ1v) is 18.7. The molecule has 1 unspecified atom stereocenters. The van der Waals surface area contributed by atoms with E-state index >= 15 is 0 Å². The summed E-state index contributed by atoms with van der Waals surface area (Å²) < 4.78 is 13.0. The summed E-state index contributed by atoms with van der Waals surface area (Å²) in [6, 6.07) is 16.4. The van der Waals surface area contributed by atoms with Gasteiger partial charge in [0.1, 0.15) is 17.7 Å². The fourth-order valence-electron chi connectivity index (χ4n) is 8.13. The lowest BCUT2D eigenvalue weighted by Gasteiger charge is -2.40. The van der Waals surface area contributed by atoms with Crippen molar-refractivity contribution in [3.8, 4) is 0 Å². The number of nitrogens with zero attached hydrogens (tertiary/aromatic N) is 2. The van der Waals surface area contributed by atoms with Crippen LogP contribution in [0.15, 0.2) is 86.0 Å². The maximum absolute atomic E-state index is 14.9. The number of hydrogen-bond acceptors (Lipinski definition) is 7. The molecule has 10 nitrogen and oxygen atoms in total. The molecule has 3 aliphatic heterocycles. The molecule has 3 fully saturated rings. The number of aliphatic hydroxyl groups is 1. The van der Waals surface area contributed by atoms with E-state index in [0.717, 1.165) is 5.56 Å². The minimum Gasteiger partial charge on any atom is -0.455 e. The molecule has 2 aromatic rings. The van der Waals surface area contributed by atoms with Crippen LogP contribution in [0.25, 0.3) is 0 Å². The predicted octanol–water partition coefficient (Wildman–Crippen LogP) is 5.11. The van der Waals surface area contributed by atoms with Gasteiger partial charge in [0.15, 0.2) is 0 Å². The number of halogens is 1. The van der Waals surface area contributed by atoms with Gasteiger partial charge >= 0.3 is 5.97 Å². The summed E-state index contributed by atoms with van der Waals surface area (Å²) in [4.78, 5) is 59.7. The zero-order valence-electron chi connectivity index (χ0n) is 29.7. The van der Waals surface area contributed by atoms with Gasteiger partial charge in [0.05, 0.1) is 36.6 Å². The largest absolute Gasteiger partial charge is 0.455 e. The number of nitrogens with one attached hydrogen (secondary N) is 1. The molecule has 3 saturated heterocycles. The van der Waals surface area contributed by atoms with Crippen LogP contribution in [0.5, 0.6) is 0 Å². The van der Waals surface area contributed by atoms with Crippen LogP contribution < -0.4 is 5.32 Å². The molecule has 3 amide bonds. The lowest BCUT2D eigenvalue weighted by molar-refractivity contribution is -0.162. The van der Waals surface area contributed by atoms with Crippen molar-refractivity contribution < 1.29 is 33.8 Å². The summed E-state index contributed by atoms with van der Waals surface area (Å²) in [5.41, 5.74) is 0.249. The van der Waals surface area contributed by atoms with Crippen molar-refractivity contribution in [2.24, 2.45) is 17.8 Å². The van der Waals surface area contributed by atoms with E-state index in [1.165, 1.54) is 4.90 Å². The smallest absolute Gasteiger partial charge is 0.313 e. The molecular weight excluding hydrogens is 714 g/mol. The first kappa shape index (κ1) is 38.4. The Morgan fingerprint density at radius 3 is 2.37 bits per heavy atom. The summed E-state index contributed by atoms with van der Waals surface area (Å²) in [5, 5.41) is 13.7. The summed E-state index contributed by atoms with van der Waals surface area (Å²) in [5.74, 6) is -3.53. The zero-order chi connectivity index (χ0) is 36.9. The molecule has 2 bridgehead atoms. The number of hydrogen-bond donors (Lipinski definition) is 2. The van der Waals surface area contributed by atoms with Crippen LogP contribution in [0.1, 0.15) is 63.7 Å². The molecule has 2 N–H and O–H groups in total. The lowest BCUT2D eigenvalue weighted by Crippen LogP contribution is -2.59. The molecule has 0 aliphatic carbocycles. The van der Waals surface area contributed by atoms with E-state index in [4.69, 9.17) is 9.47 Å². The number of likely N-dealkylation sites (tertiary alicyclic amines) is 1. The quantitative estimate of drug-likeness (QED) is 0.130. The van der Waals surface area contributed by atoms with Crippen LogP contribution in [-0.2, 0) is 35.2 Å². The van der Waals surface area contributed by atoms with Gasteiger partial charge in [-0.15, -0.1) is 13.2 Å². The highest BCUT2D eigenvalue weighted by Gasteiger charge is 2.77. The monoisotopic (exact) mass is 763 g/mol. The summed E-state index contributed by atoms with van der Waals surface area (Å²) in [6.07, 6.45) is 3.23. The number of fused-ring (bicyclic) bond motifs is 1. The number of esters is 1. The highest BCUT2D eigenvalue weighted by Crippen LogP contribution is 2.61. The second-order valence-electron chi connectivity index (χ2n) is 14.3. The Morgan fingerprint density at radius 2 is 1.76 bits per heavy atom. The second-order valence-corrected chi connectivity index (χ2v) is 15.5. The van der Waals surface area contributed by atoms with Crippen molar-refractivity contribution in [3.63, 3.8) is 0 Å². The molecule has 11 heteroatoms. The first-order valence-electron chi connectivity index (χ1n) is 17.8. The fourth-order valence-corrected chi connectivity index (χ4v) is 9.08. The van der Waals surface area contributed by atoms with Crippen molar-refractivity contribution in [3.05, 3.63) is 97.1 Å². The molecule has 0 saturated carbocycles. The number of carbonyl (C=O) groups excluding carboxylic acids is 4. The highest BCUT2D eigenvalue weighted by molar-refractivity contribution is 9.09. The van der Waals surface area contributed by atoms with Gasteiger partial charge in [-0.25, -0.2) is 0 Å².